The Hall–Kier alpha value is -2.86. The van der Waals surface area contributed by atoms with Crippen molar-refractivity contribution in [2.24, 2.45) is 11.8 Å². The van der Waals surface area contributed by atoms with Crippen molar-refractivity contribution in [3.05, 3.63) is 64.6 Å². The number of nitrogens with zero attached hydrogens (tertiary/aromatic N) is 2. The third kappa shape index (κ3) is 4.11. The molecule has 2 aliphatic heterocycles. The number of carbonyl (C=O) groups excluding carboxylic acids is 2. The van der Waals surface area contributed by atoms with Gasteiger partial charge in [-0.2, -0.15) is 0 Å². The highest BCUT2D eigenvalue weighted by Crippen LogP contribution is 2.38. The quantitative estimate of drug-likeness (QED) is 0.584. The Bertz CT molecular complexity index is 1070. The Morgan fingerprint density at radius 1 is 1.03 bits per heavy atom. The SMILES string of the molecule is CCOc1ccc(C2=C(N3CC(C)CC(C)C3)C(=O)N(c3ccc(F)c(Cl)c3)C2=O)cc1. The molecule has 0 aromatic heterocycles. The van der Waals surface area contributed by atoms with Crippen LogP contribution in [-0.4, -0.2) is 36.4 Å². The first kappa shape index (κ1) is 22.3. The number of imide groups is 1. The van der Waals surface area contributed by atoms with Crippen LogP contribution in [0.1, 0.15) is 32.8 Å². The van der Waals surface area contributed by atoms with E-state index in [0.29, 0.717) is 54.1 Å². The zero-order chi connectivity index (χ0) is 23.0. The zero-order valence-corrected chi connectivity index (χ0v) is 19.2. The average molecular weight is 457 g/mol. The van der Waals surface area contributed by atoms with Gasteiger partial charge in [0.05, 0.1) is 22.9 Å². The second kappa shape index (κ2) is 8.94. The lowest BCUT2D eigenvalue weighted by Gasteiger charge is -2.37. The summed E-state index contributed by atoms with van der Waals surface area (Å²) in [5, 5.41) is -0.139. The summed E-state index contributed by atoms with van der Waals surface area (Å²) < 4.78 is 19.2. The Balaban J connectivity index is 1.81. The molecule has 0 bridgehead atoms. The second-order valence-corrected chi connectivity index (χ2v) is 8.98. The van der Waals surface area contributed by atoms with Crippen molar-refractivity contribution in [2.45, 2.75) is 27.2 Å². The van der Waals surface area contributed by atoms with Crippen LogP contribution >= 0.6 is 11.6 Å². The molecule has 0 spiro atoms. The van der Waals surface area contributed by atoms with Crippen molar-refractivity contribution >= 4 is 34.7 Å². The molecule has 1 saturated heterocycles. The molecule has 2 unspecified atom stereocenters. The van der Waals surface area contributed by atoms with Crippen LogP contribution in [0.15, 0.2) is 48.2 Å². The number of ether oxygens (including phenoxy) is 1. The first-order valence-electron chi connectivity index (χ1n) is 10.9. The van der Waals surface area contributed by atoms with Gasteiger partial charge in [-0.1, -0.05) is 37.6 Å². The fourth-order valence-electron chi connectivity index (χ4n) is 4.66. The Morgan fingerprint density at radius 2 is 1.69 bits per heavy atom. The van der Waals surface area contributed by atoms with Crippen LogP contribution in [-0.2, 0) is 9.59 Å². The number of carbonyl (C=O) groups is 2. The highest BCUT2D eigenvalue weighted by Gasteiger charge is 2.43. The summed E-state index contributed by atoms with van der Waals surface area (Å²) in [5.41, 5.74) is 1.63. The number of amides is 2. The Labute approximate surface area is 192 Å². The number of halogens is 2. The highest BCUT2D eigenvalue weighted by molar-refractivity contribution is 6.45. The summed E-state index contributed by atoms with van der Waals surface area (Å²) in [7, 11) is 0. The maximum atomic E-state index is 13.7. The molecule has 2 aromatic rings. The van der Waals surface area contributed by atoms with Gasteiger partial charge in [0.2, 0.25) is 0 Å². The lowest BCUT2D eigenvalue weighted by molar-refractivity contribution is -0.120. The van der Waals surface area contributed by atoms with Gasteiger partial charge in [0.25, 0.3) is 11.8 Å². The van der Waals surface area contributed by atoms with E-state index >= 15 is 0 Å². The smallest absolute Gasteiger partial charge is 0.282 e. The number of likely N-dealkylation sites (tertiary alicyclic amines) is 1. The fourth-order valence-corrected chi connectivity index (χ4v) is 4.84. The molecule has 5 nitrogen and oxygen atoms in total. The van der Waals surface area contributed by atoms with Crippen LogP contribution in [0.2, 0.25) is 5.02 Å². The van der Waals surface area contributed by atoms with Crippen LogP contribution in [0.5, 0.6) is 5.75 Å². The summed E-state index contributed by atoms with van der Waals surface area (Å²) in [6.45, 7) is 8.12. The summed E-state index contributed by atoms with van der Waals surface area (Å²) in [6, 6.07) is 11.1. The van der Waals surface area contributed by atoms with Crippen molar-refractivity contribution in [2.75, 3.05) is 24.6 Å². The minimum atomic E-state index is -0.604. The van der Waals surface area contributed by atoms with E-state index in [4.69, 9.17) is 16.3 Å². The van der Waals surface area contributed by atoms with Gasteiger partial charge in [0.1, 0.15) is 17.3 Å². The predicted molar refractivity (Wildman–Crippen MR) is 123 cm³/mol. The molecule has 168 valence electrons. The van der Waals surface area contributed by atoms with E-state index in [-0.39, 0.29) is 10.7 Å². The van der Waals surface area contributed by atoms with Gasteiger partial charge in [-0.15, -0.1) is 0 Å². The van der Waals surface area contributed by atoms with Gasteiger partial charge in [-0.3, -0.25) is 9.59 Å². The van der Waals surface area contributed by atoms with Crippen LogP contribution in [0.25, 0.3) is 5.57 Å². The first-order valence-corrected chi connectivity index (χ1v) is 11.2. The minimum absolute atomic E-state index is 0.139. The van der Waals surface area contributed by atoms with E-state index in [1.807, 2.05) is 11.8 Å². The van der Waals surface area contributed by atoms with E-state index in [9.17, 15) is 14.0 Å². The van der Waals surface area contributed by atoms with Gasteiger partial charge in [0.15, 0.2) is 0 Å². The van der Waals surface area contributed by atoms with E-state index < -0.39 is 17.6 Å². The van der Waals surface area contributed by atoms with Gasteiger partial charge >= 0.3 is 0 Å². The van der Waals surface area contributed by atoms with Gasteiger partial charge in [-0.05, 0) is 61.1 Å². The fraction of sp³-hybridized carbons (Fsp3) is 0.360. The third-order valence-corrected chi connectivity index (χ3v) is 6.15. The summed E-state index contributed by atoms with van der Waals surface area (Å²) >= 11 is 5.95. The molecular formula is C25H26ClFN2O3. The Morgan fingerprint density at radius 3 is 2.28 bits per heavy atom. The first-order chi connectivity index (χ1) is 15.3. The minimum Gasteiger partial charge on any atom is -0.494 e. The molecule has 2 amide bonds. The molecule has 2 aliphatic rings. The summed E-state index contributed by atoms with van der Waals surface area (Å²) in [4.78, 5) is 30.3. The van der Waals surface area contributed by atoms with Crippen molar-refractivity contribution < 1.29 is 18.7 Å². The van der Waals surface area contributed by atoms with Crippen molar-refractivity contribution in [1.29, 1.82) is 0 Å². The number of hydrogen-bond donors (Lipinski definition) is 0. The summed E-state index contributed by atoms with van der Waals surface area (Å²) in [6.07, 6.45) is 1.07. The number of hydrogen-bond acceptors (Lipinski definition) is 4. The molecule has 2 aromatic carbocycles. The molecule has 7 heteroatoms. The third-order valence-electron chi connectivity index (χ3n) is 5.86. The number of rotatable bonds is 5. The molecule has 0 saturated carbocycles. The number of anilines is 1. The molecular weight excluding hydrogens is 431 g/mol. The average Bonchev–Trinajstić information content (AvgIpc) is 3.00. The van der Waals surface area contributed by atoms with Crippen molar-refractivity contribution in [1.82, 2.24) is 4.90 Å². The lowest BCUT2D eigenvalue weighted by Crippen LogP contribution is -2.42. The van der Waals surface area contributed by atoms with Gasteiger partial charge < -0.3 is 9.64 Å². The van der Waals surface area contributed by atoms with Gasteiger partial charge in [0, 0.05) is 13.1 Å². The van der Waals surface area contributed by atoms with Crippen LogP contribution in [0, 0.1) is 17.7 Å². The molecule has 2 heterocycles. The Kier molecular flexibility index (Phi) is 6.24. The molecule has 2 atom stereocenters. The maximum Gasteiger partial charge on any atom is 0.282 e. The normalized spacial score (nSPS) is 21.5. The molecule has 32 heavy (non-hydrogen) atoms. The van der Waals surface area contributed by atoms with Crippen molar-refractivity contribution in [3.63, 3.8) is 0 Å². The molecule has 0 N–H and O–H groups in total. The zero-order valence-electron chi connectivity index (χ0n) is 18.4. The predicted octanol–water partition coefficient (Wildman–Crippen LogP) is 5.14. The van der Waals surface area contributed by atoms with Crippen LogP contribution in [0.3, 0.4) is 0 Å². The standard InChI is InChI=1S/C25H26ClFN2O3/c1-4-32-19-8-5-17(6-9-19)22-23(28-13-15(2)11-16(3)14-28)25(31)29(24(22)30)18-7-10-21(27)20(26)12-18/h5-10,12,15-16H,4,11,13-14H2,1-3H3. The molecule has 0 radical (unpaired) electrons. The molecule has 1 fully saturated rings. The number of piperidine rings is 1. The van der Waals surface area contributed by atoms with Crippen LogP contribution < -0.4 is 9.64 Å². The maximum absolute atomic E-state index is 13.7. The molecule has 4 rings (SSSR count). The lowest BCUT2D eigenvalue weighted by atomic mass is 9.91. The van der Waals surface area contributed by atoms with E-state index in [1.54, 1.807) is 24.3 Å². The largest absolute Gasteiger partial charge is 0.494 e. The molecule has 0 aliphatic carbocycles. The van der Waals surface area contributed by atoms with Crippen LogP contribution in [0.4, 0.5) is 10.1 Å². The summed E-state index contributed by atoms with van der Waals surface area (Å²) in [5.74, 6) is 0.0198. The van der Waals surface area contributed by atoms with Gasteiger partial charge in [-0.25, -0.2) is 9.29 Å². The number of benzene rings is 2. The van der Waals surface area contributed by atoms with E-state index in [1.165, 1.54) is 12.1 Å². The van der Waals surface area contributed by atoms with Crippen molar-refractivity contribution in [3.8, 4) is 5.75 Å². The topological polar surface area (TPSA) is 49.9 Å². The highest BCUT2D eigenvalue weighted by atomic mass is 35.5. The van der Waals surface area contributed by atoms with E-state index in [0.717, 1.165) is 17.4 Å². The second-order valence-electron chi connectivity index (χ2n) is 8.58. The van der Waals surface area contributed by atoms with E-state index in [2.05, 4.69) is 13.8 Å². The monoisotopic (exact) mass is 456 g/mol.